The first-order chi connectivity index (χ1) is 6.75. The van der Waals surface area contributed by atoms with Crippen LogP contribution in [0.4, 0.5) is 0 Å². The average Bonchev–Trinajstić information content (AvgIpc) is 2.45. The Morgan fingerprint density at radius 1 is 1.64 bits per heavy atom. The Hall–Kier alpha value is -0.410. The van der Waals surface area contributed by atoms with Crippen molar-refractivity contribution in [2.45, 2.75) is 45.7 Å². The van der Waals surface area contributed by atoms with E-state index in [1.807, 2.05) is 0 Å². The summed E-state index contributed by atoms with van der Waals surface area (Å²) in [6, 6.07) is 0.658. The van der Waals surface area contributed by atoms with Gasteiger partial charge < -0.3 is 5.32 Å². The molecule has 1 fully saturated rings. The molecule has 0 bridgehead atoms. The summed E-state index contributed by atoms with van der Waals surface area (Å²) in [7, 11) is 0. The van der Waals surface area contributed by atoms with Gasteiger partial charge in [-0.2, -0.15) is 0 Å². The summed E-state index contributed by atoms with van der Waals surface area (Å²) in [6.07, 6.45) is 4.24. The van der Waals surface area contributed by atoms with Gasteiger partial charge in [0.2, 0.25) is 0 Å². The lowest BCUT2D eigenvalue weighted by Gasteiger charge is -2.31. The van der Waals surface area contributed by atoms with E-state index in [0.29, 0.717) is 6.04 Å². The van der Waals surface area contributed by atoms with Crippen molar-refractivity contribution in [3.8, 4) is 0 Å². The van der Waals surface area contributed by atoms with E-state index in [-0.39, 0.29) is 0 Å². The van der Waals surface area contributed by atoms with Crippen LogP contribution in [-0.2, 0) is 6.54 Å². The Kier molecular flexibility index (Phi) is 3.19. The first-order valence-corrected chi connectivity index (χ1v) is 6.28. The van der Waals surface area contributed by atoms with E-state index >= 15 is 0 Å². The van der Waals surface area contributed by atoms with Crippen LogP contribution in [0.2, 0.25) is 0 Å². The first-order valence-electron chi connectivity index (χ1n) is 5.40. The van der Waals surface area contributed by atoms with Gasteiger partial charge in [0.25, 0.3) is 0 Å². The highest BCUT2D eigenvalue weighted by Crippen LogP contribution is 2.29. The van der Waals surface area contributed by atoms with E-state index in [9.17, 15) is 0 Å². The van der Waals surface area contributed by atoms with Crippen LogP contribution in [0.1, 0.15) is 36.9 Å². The highest BCUT2D eigenvalue weighted by atomic mass is 32.1. The van der Waals surface area contributed by atoms with Gasteiger partial charge in [0.1, 0.15) is 0 Å². The number of hydrogen-bond acceptors (Lipinski definition) is 3. The Morgan fingerprint density at radius 3 is 2.93 bits per heavy atom. The van der Waals surface area contributed by atoms with E-state index in [0.717, 1.165) is 17.5 Å². The molecule has 1 aliphatic rings. The van der Waals surface area contributed by atoms with Gasteiger partial charge in [0, 0.05) is 18.0 Å². The molecule has 14 heavy (non-hydrogen) atoms. The lowest BCUT2D eigenvalue weighted by Crippen LogP contribution is -2.36. The molecule has 2 nitrogen and oxygen atoms in total. The fourth-order valence-electron chi connectivity index (χ4n) is 1.86. The van der Waals surface area contributed by atoms with Crippen LogP contribution in [-0.4, -0.2) is 11.0 Å². The second kappa shape index (κ2) is 4.41. The van der Waals surface area contributed by atoms with Gasteiger partial charge in [0.15, 0.2) is 0 Å². The minimum absolute atomic E-state index is 0.658. The Bertz CT molecular complexity index is 291. The Labute approximate surface area is 89.8 Å². The molecule has 0 aromatic carbocycles. The molecule has 0 amide bonds. The van der Waals surface area contributed by atoms with E-state index < -0.39 is 0 Å². The standard InChI is InChI=1S/C11H18N2S/c1-8(10-4-3-5-10)12-6-11-7-14-9(2)13-11/h7-8,10,12H,3-6H2,1-2H3. The molecule has 0 saturated heterocycles. The fraction of sp³-hybridized carbons (Fsp3) is 0.727. The zero-order valence-corrected chi connectivity index (χ0v) is 9.73. The lowest BCUT2D eigenvalue weighted by molar-refractivity contribution is 0.239. The smallest absolute Gasteiger partial charge is 0.0897 e. The van der Waals surface area contributed by atoms with Gasteiger partial charge in [-0.05, 0) is 32.6 Å². The van der Waals surface area contributed by atoms with Crippen LogP contribution in [0, 0.1) is 12.8 Å². The molecule has 1 aliphatic carbocycles. The summed E-state index contributed by atoms with van der Waals surface area (Å²) in [5, 5.41) is 6.87. The predicted octanol–water partition coefficient (Wildman–Crippen LogP) is 2.73. The third kappa shape index (κ3) is 2.34. The maximum atomic E-state index is 4.44. The highest BCUT2D eigenvalue weighted by molar-refractivity contribution is 7.09. The predicted molar refractivity (Wildman–Crippen MR) is 60.5 cm³/mol. The quantitative estimate of drug-likeness (QED) is 0.826. The van der Waals surface area contributed by atoms with Gasteiger partial charge in [-0.25, -0.2) is 4.98 Å². The van der Waals surface area contributed by atoms with Crippen molar-refractivity contribution in [1.82, 2.24) is 10.3 Å². The SMILES string of the molecule is Cc1nc(CNC(C)C2CCC2)cs1. The van der Waals surface area contributed by atoms with Gasteiger partial charge >= 0.3 is 0 Å². The maximum Gasteiger partial charge on any atom is 0.0897 e. The average molecular weight is 210 g/mol. The van der Waals surface area contributed by atoms with Gasteiger partial charge in [-0.3, -0.25) is 0 Å². The van der Waals surface area contributed by atoms with E-state index in [2.05, 4.69) is 29.5 Å². The van der Waals surface area contributed by atoms with Crippen LogP contribution >= 0.6 is 11.3 Å². The molecular weight excluding hydrogens is 192 g/mol. The highest BCUT2D eigenvalue weighted by Gasteiger charge is 2.23. The summed E-state index contributed by atoms with van der Waals surface area (Å²) >= 11 is 1.73. The fourth-order valence-corrected chi connectivity index (χ4v) is 2.47. The molecule has 1 atom stereocenters. The number of rotatable bonds is 4. The van der Waals surface area contributed by atoms with Crippen LogP contribution in [0.15, 0.2) is 5.38 Å². The summed E-state index contributed by atoms with van der Waals surface area (Å²) < 4.78 is 0. The molecule has 3 heteroatoms. The van der Waals surface area contributed by atoms with Crippen molar-refractivity contribution in [2.75, 3.05) is 0 Å². The zero-order chi connectivity index (χ0) is 9.97. The molecule has 1 heterocycles. The summed E-state index contributed by atoms with van der Waals surface area (Å²) in [4.78, 5) is 4.44. The maximum absolute atomic E-state index is 4.44. The number of nitrogens with one attached hydrogen (secondary N) is 1. The summed E-state index contributed by atoms with van der Waals surface area (Å²) in [5.74, 6) is 0.912. The minimum atomic E-state index is 0.658. The van der Waals surface area contributed by atoms with Gasteiger partial charge in [-0.1, -0.05) is 6.42 Å². The molecule has 2 rings (SSSR count). The third-order valence-electron chi connectivity index (χ3n) is 3.13. The number of hydrogen-bond donors (Lipinski definition) is 1. The third-order valence-corrected chi connectivity index (χ3v) is 3.95. The number of aromatic nitrogens is 1. The molecule has 1 unspecified atom stereocenters. The van der Waals surface area contributed by atoms with E-state index in [4.69, 9.17) is 0 Å². The molecular formula is C11H18N2S. The van der Waals surface area contributed by atoms with Gasteiger partial charge in [0.05, 0.1) is 10.7 Å². The zero-order valence-electron chi connectivity index (χ0n) is 8.92. The molecule has 1 aromatic rings. The van der Waals surface area contributed by atoms with Crippen molar-refractivity contribution in [1.29, 1.82) is 0 Å². The lowest BCUT2D eigenvalue weighted by atomic mass is 9.80. The minimum Gasteiger partial charge on any atom is -0.308 e. The summed E-state index contributed by atoms with van der Waals surface area (Å²) in [5.41, 5.74) is 1.19. The molecule has 1 saturated carbocycles. The largest absolute Gasteiger partial charge is 0.308 e. The molecule has 78 valence electrons. The van der Waals surface area contributed by atoms with Crippen LogP contribution in [0.5, 0.6) is 0 Å². The second-order valence-corrected chi connectivity index (χ2v) is 5.28. The normalized spacial score (nSPS) is 19.3. The van der Waals surface area contributed by atoms with Crippen molar-refractivity contribution >= 4 is 11.3 Å². The number of nitrogens with zero attached hydrogens (tertiary/aromatic N) is 1. The molecule has 0 radical (unpaired) electrons. The first kappa shape index (κ1) is 10.1. The monoisotopic (exact) mass is 210 g/mol. The van der Waals surface area contributed by atoms with Crippen LogP contribution in [0.3, 0.4) is 0 Å². The van der Waals surface area contributed by atoms with Crippen LogP contribution in [0.25, 0.3) is 0 Å². The van der Waals surface area contributed by atoms with Crippen molar-refractivity contribution < 1.29 is 0 Å². The molecule has 0 aliphatic heterocycles. The van der Waals surface area contributed by atoms with Gasteiger partial charge in [-0.15, -0.1) is 11.3 Å². The summed E-state index contributed by atoms with van der Waals surface area (Å²) in [6.45, 7) is 5.29. The molecule has 1 aromatic heterocycles. The molecule has 1 N–H and O–H groups in total. The Balaban J connectivity index is 1.76. The Morgan fingerprint density at radius 2 is 2.43 bits per heavy atom. The second-order valence-electron chi connectivity index (χ2n) is 4.22. The van der Waals surface area contributed by atoms with Crippen LogP contribution < -0.4 is 5.32 Å². The van der Waals surface area contributed by atoms with E-state index in [1.165, 1.54) is 25.0 Å². The van der Waals surface area contributed by atoms with Crippen molar-refractivity contribution in [3.63, 3.8) is 0 Å². The number of thiazole rings is 1. The van der Waals surface area contributed by atoms with Crippen molar-refractivity contribution in [2.24, 2.45) is 5.92 Å². The molecule has 0 spiro atoms. The number of aryl methyl sites for hydroxylation is 1. The van der Waals surface area contributed by atoms with E-state index in [1.54, 1.807) is 11.3 Å². The topological polar surface area (TPSA) is 24.9 Å². The van der Waals surface area contributed by atoms with Crippen molar-refractivity contribution in [3.05, 3.63) is 16.1 Å².